The predicted octanol–water partition coefficient (Wildman–Crippen LogP) is 3.92. The van der Waals surface area contributed by atoms with E-state index in [1.807, 2.05) is 4.90 Å². The minimum Gasteiger partial charge on any atom is -0.378 e. The van der Waals surface area contributed by atoms with Crippen LogP contribution in [0, 0.1) is 10.1 Å². The summed E-state index contributed by atoms with van der Waals surface area (Å²) in [6.07, 6.45) is 3.97. The number of carbonyl (C=O) groups excluding carboxylic acids is 1. The van der Waals surface area contributed by atoms with E-state index >= 15 is 0 Å². The molecule has 2 aliphatic rings. The van der Waals surface area contributed by atoms with Gasteiger partial charge in [-0.3, -0.25) is 14.9 Å². The van der Waals surface area contributed by atoms with Crippen molar-refractivity contribution < 1.29 is 14.5 Å². The number of benzene rings is 2. The van der Waals surface area contributed by atoms with Crippen molar-refractivity contribution in [3.8, 4) is 0 Å². The van der Waals surface area contributed by atoms with Crippen LogP contribution in [0.3, 0.4) is 0 Å². The number of rotatable bonds is 5. The van der Waals surface area contributed by atoms with Gasteiger partial charge in [0.15, 0.2) is 0 Å². The first-order chi connectivity index (χ1) is 15.1. The Kier molecular flexibility index (Phi) is 6.32. The van der Waals surface area contributed by atoms with Crippen LogP contribution in [0.1, 0.15) is 34.8 Å². The number of amides is 1. The van der Waals surface area contributed by atoms with Crippen LogP contribution < -0.4 is 4.90 Å². The lowest BCUT2D eigenvalue weighted by molar-refractivity contribution is -0.384. The van der Waals surface area contributed by atoms with Crippen LogP contribution in [0.4, 0.5) is 11.4 Å². The Morgan fingerprint density at radius 3 is 2.45 bits per heavy atom. The number of nitro benzene ring substituents is 1. The summed E-state index contributed by atoms with van der Waals surface area (Å²) >= 11 is 0. The molecule has 1 saturated heterocycles. The third-order valence-corrected chi connectivity index (χ3v) is 6.00. The maximum absolute atomic E-state index is 12.7. The molecule has 2 heterocycles. The second kappa shape index (κ2) is 9.31. The predicted molar refractivity (Wildman–Crippen MR) is 120 cm³/mol. The van der Waals surface area contributed by atoms with Gasteiger partial charge in [0.2, 0.25) is 0 Å². The highest BCUT2D eigenvalue weighted by molar-refractivity contribution is 5.96. The van der Waals surface area contributed by atoms with E-state index in [0.717, 1.165) is 12.8 Å². The summed E-state index contributed by atoms with van der Waals surface area (Å²) in [6.45, 7) is 5.44. The molecule has 7 nitrogen and oxygen atoms in total. The highest BCUT2D eigenvalue weighted by Gasteiger charge is 2.26. The molecule has 0 aliphatic carbocycles. The van der Waals surface area contributed by atoms with Gasteiger partial charge in [-0.2, -0.15) is 0 Å². The van der Waals surface area contributed by atoms with Crippen LogP contribution in [-0.4, -0.2) is 55.1 Å². The second-order valence-electron chi connectivity index (χ2n) is 7.84. The first-order valence-corrected chi connectivity index (χ1v) is 10.8. The lowest BCUT2D eigenvalue weighted by Crippen LogP contribution is -2.40. The summed E-state index contributed by atoms with van der Waals surface area (Å²) in [4.78, 5) is 27.8. The van der Waals surface area contributed by atoms with Crippen LogP contribution in [0.2, 0.25) is 0 Å². The maximum Gasteiger partial charge on any atom is 0.293 e. The summed E-state index contributed by atoms with van der Waals surface area (Å²) in [5.74, 6) is -0.186. The molecule has 2 aromatic carbocycles. The molecule has 7 heteroatoms. The monoisotopic (exact) mass is 421 g/mol. The average molecular weight is 421 g/mol. The third kappa shape index (κ3) is 4.61. The van der Waals surface area contributed by atoms with Gasteiger partial charge in [0.1, 0.15) is 5.69 Å². The molecule has 2 aliphatic heterocycles. The Labute approximate surface area is 182 Å². The Hall–Kier alpha value is -3.19. The number of hydrogen-bond donors (Lipinski definition) is 0. The number of anilines is 1. The molecular formula is C24H27N3O4. The maximum atomic E-state index is 12.7. The van der Waals surface area contributed by atoms with E-state index in [-0.39, 0.29) is 11.6 Å². The molecule has 0 N–H and O–H groups in total. The van der Waals surface area contributed by atoms with Crippen molar-refractivity contribution >= 4 is 22.9 Å². The van der Waals surface area contributed by atoms with Gasteiger partial charge in [-0.05, 0) is 41.7 Å². The molecule has 0 spiro atoms. The first kappa shape index (κ1) is 21.1. The number of nitro groups is 1. The number of ether oxygens (including phenoxy) is 1. The van der Waals surface area contributed by atoms with Crippen molar-refractivity contribution in [2.24, 2.45) is 0 Å². The molecule has 0 saturated carbocycles. The summed E-state index contributed by atoms with van der Waals surface area (Å²) in [5, 5.41) is 11.8. The van der Waals surface area contributed by atoms with Gasteiger partial charge in [-0.25, -0.2) is 0 Å². The van der Waals surface area contributed by atoms with E-state index in [2.05, 4.69) is 37.3 Å². The fourth-order valence-corrected chi connectivity index (χ4v) is 4.12. The lowest BCUT2D eigenvalue weighted by atomic mass is 9.97. The zero-order valence-electron chi connectivity index (χ0n) is 17.8. The van der Waals surface area contributed by atoms with Gasteiger partial charge < -0.3 is 14.5 Å². The van der Waals surface area contributed by atoms with Crippen molar-refractivity contribution in [2.45, 2.75) is 19.8 Å². The number of morpholine rings is 1. The molecule has 2 aromatic rings. The van der Waals surface area contributed by atoms with E-state index in [0.29, 0.717) is 50.6 Å². The molecule has 31 heavy (non-hydrogen) atoms. The van der Waals surface area contributed by atoms with E-state index in [1.165, 1.54) is 22.8 Å². The minimum absolute atomic E-state index is 0.0248. The zero-order chi connectivity index (χ0) is 21.8. The third-order valence-electron chi connectivity index (χ3n) is 6.00. The number of aryl methyl sites for hydroxylation is 1. The number of carbonyl (C=O) groups is 1. The molecule has 4 rings (SSSR count). The molecule has 0 aromatic heterocycles. The highest BCUT2D eigenvalue weighted by atomic mass is 16.6. The van der Waals surface area contributed by atoms with Crippen molar-refractivity contribution in [1.29, 1.82) is 0 Å². The lowest BCUT2D eigenvalue weighted by Gasteiger charge is -2.29. The fourth-order valence-electron chi connectivity index (χ4n) is 4.12. The van der Waals surface area contributed by atoms with Crippen LogP contribution >= 0.6 is 0 Å². The number of nitrogens with zero attached hydrogens (tertiary/aromatic N) is 3. The van der Waals surface area contributed by atoms with E-state index in [4.69, 9.17) is 4.74 Å². The Balaban J connectivity index is 1.53. The van der Waals surface area contributed by atoms with Gasteiger partial charge in [0.25, 0.3) is 11.6 Å². The van der Waals surface area contributed by atoms with Crippen LogP contribution in [-0.2, 0) is 11.2 Å². The fraction of sp³-hybridized carbons (Fsp3) is 0.375. The summed E-state index contributed by atoms with van der Waals surface area (Å²) < 4.78 is 5.28. The normalized spacial score (nSPS) is 16.7. The molecule has 0 radical (unpaired) electrons. The van der Waals surface area contributed by atoms with E-state index in [9.17, 15) is 14.9 Å². The number of hydrogen-bond acceptors (Lipinski definition) is 5. The summed E-state index contributed by atoms with van der Waals surface area (Å²) in [6, 6.07) is 13.4. The van der Waals surface area contributed by atoms with Crippen LogP contribution in [0.15, 0.2) is 48.5 Å². The molecule has 0 atom stereocenters. The molecular weight excluding hydrogens is 394 g/mol. The molecule has 0 bridgehead atoms. The SMILES string of the molecule is CCc1ccc(C2=CCN(c3ccc(C(=O)N4CCOCC4)cc3[N+](=O)[O-])CC2)cc1. The topological polar surface area (TPSA) is 75.9 Å². The quantitative estimate of drug-likeness (QED) is 0.540. The highest BCUT2D eigenvalue weighted by Crippen LogP contribution is 2.33. The molecule has 1 amide bonds. The second-order valence-corrected chi connectivity index (χ2v) is 7.84. The van der Waals surface area contributed by atoms with E-state index in [1.54, 1.807) is 17.0 Å². The van der Waals surface area contributed by atoms with Crippen LogP contribution in [0.5, 0.6) is 0 Å². The van der Waals surface area contributed by atoms with Gasteiger partial charge in [0, 0.05) is 37.8 Å². The zero-order valence-corrected chi connectivity index (χ0v) is 17.8. The van der Waals surface area contributed by atoms with Gasteiger partial charge >= 0.3 is 0 Å². The van der Waals surface area contributed by atoms with Crippen molar-refractivity contribution in [2.75, 3.05) is 44.3 Å². The van der Waals surface area contributed by atoms with Crippen molar-refractivity contribution in [3.63, 3.8) is 0 Å². The average Bonchev–Trinajstić information content (AvgIpc) is 2.84. The standard InChI is InChI=1S/C24H27N3O4/c1-2-18-3-5-19(6-4-18)20-9-11-25(12-10-20)22-8-7-21(17-23(22)27(29)30)24(28)26-13-15-31-16-14-26/h3-9,17H,2,10-16H2,1H3. The van der Waals surface area contributed by atoms with Crippen molar-refractivity contribution in [3.05, 3.63) is 75.3 Å². The largest absolute Gasteiger partial charge is 0.378 e. The van der Waals surface area contributed by atoms with Gasteiger partial charge in [0.05, 0.1) is 18.1 Å². The Morgan fingerprint density at radius 2 is 1.84 bits per heavy atom. The Bertz CT molecular complexity index is 994. The van der Waals surface area contributed by atoms with Crippen molar-refractivity contribution in [1.82, 2.24) is 4.90 Å². The first-order valence-electron chi connectivity index (χ1n) is 10.8. The molecule has 0 unspecified atom stereocenters. The molecule has 162 valence electrons. The van der Waals surface area contributed by atoms with Crippen LogP contribution in [0.25, 0.3) is 5.57 Å². The van der Waals surface area contributed by atoms with E-state index < -0.39 is 4.92 Å². The molecule has 1 fully saturated rings. The van der Waals surface area contributed by atoms with Gasteiger partial charge in [-0.15, -0.1) is 0 Å². The minimum atomic E-state index is -0.395. The summed E-state index contributed by atoms with van der Waals surface area (Å²) in [7, 11) is 0. The smallest absolute Gasteiger partial charge is 0.293 e. The van der Waals surface area contributed by atoms with Gasteiger partial charge in [-0.1, -0.05) is 37.3 Å². The summed E-state index contributed by atoms with van der Waals surface area (Å²) in [5.41, 5.74) is 4.66. The Morgan fingerprint density at radius 1 is 1.10 bits per heavy atom.